The molecule has 0 radical (unpaired) electrons. The number of fused-ring (bicyclic) bond motifs is 1. The van der Waals surface area contributed by atoms with Crippen molar-refractivity contribution >= 4 is 28.3 Å². The second-order valence-corrected chi connectivity index (χ2v) is 5.53. The smallest absolute Gasteiger partial charge is 0.109 e. The van der Waals surface area contributed by atoms with E-state index in [1.807, 2.05) is 0 Å². The summed E-state index contributed by atoms with van der Waals surface area (Å²) in [5, 5.41) is 3.62. The number of hydrogen-bond acceptors (Lipinski definition) is 2. The molecule has 1 unspecified atom stereocenters. The summed E-state index contributed by atoms with van der Waals surface area (Å²) in [6, 6.07) is 10.9. The summed E-state index contributed by atoms with van der Waals surface area (Å²) in [6.45, 7) is 0. The predicted octanol–water partition coefficient (Wildman–Crippen LogP) is 4.37. The molecule has 0 spiro atoms. The first-order valence-corrected chi connectivity index (χ1v) is 7.00. The van der Waals surface area contributed by atoms with Gasteiger partial charge in [-0.15, -0.1) is 0 Å². The number of hydrogen-bond donors (Lipinski definition) is 1. The minimum absolute atomic E-state index is 0.397. The van der Waals surface area contributed by atoms with Crippen LogP contribution in [0.3, 0.4) is 0 Å². The lowest BCUT2D eigenvalue weighted by Crippen LogP contribution is -2.16. The maximum Gasteiger partial charge on any atom is 0.109 e. The van der Waals surface area contributed by atoms with Crippen LogP contribution in [0, 0.1) is 3.57 Å². The molecule has 1 heterocycles. The Morgan fingerprint density at radius 1 is 1.24 bits per heavy atom. The molecule has 2 aromatic rings. The molecule has 0 bridgehead atoms. The Hall–Kier alpha value is -0.970. The Morgan fingerprint density at radius 2 is 2.12 bits per heavy atom. The van der Waals surface area contributed by atoms with Crippen molar-refractivity contribution in [1.82, 2.24) is 0 Å². The zero-order chi connectivity index (χ0) is 11.7. The lowest BCUT2D eigenvalue weighted by atomic mass is 9.93. The van der Waals surface area contributed by atoms with Crippen molar-refractivity contribution in [1.29, 1.82) is 0 Å². The molecule has 0 amide bonds. The van der Waals surface area contributed by atoms with Crippen molar-refractivity contribution in [3.8, 4) is 0 Å². The van der Waals surface area contributed by atoms with Crippen LogP contribution in [0.15, 0.2) is 41.0 Å². The fraction of sp³-hybridized carbons (Fsp3) is 0.286. The zero-order valence-electron chi connectivity index (χ0n) is 9.45. The van der Waals surface area contributed by atoms with Crippen molar-refractivity contribution in [3.05, 3.63) is 51.5 Å². The van der Waals surface area contributed by atoms with Gasteiger partial charge < -0.3 is 9.73 Å². The number of rotatable bonds is 2. The van der Waals surface area contributed by atoms with Crippen LogP contribution in [-0.2, 0) is 6.42 Å². The molecule has 0 saturated carbocycles. The molecule has 1 aliphatic rings. The minimum Gasteiger partial charge on any atom is -0.469 e. The molecule has 3 rings (SSSR count). The maximum absolute atomic E-state index is 5.51. The van der Waals surface area contributed by atoms with Crippen molar-refractivity contribution in [2.75, 3.05) is 5.32 Å². The van der Waals surface area contributed by atoms with E-state index in [0.717, 1.165) is 12.2 Å². The van der Waals surface area contributed by atoms with Crippen LogP contribution in [-0.4, -0.2) is 0 Å². The van der Waals surface area contributed by atoms with Gasteiger partial charge in [0.05, 0.1) is 12.3 Å². The number of aryl methyl sites for hydroxylation is 1. The summed E-state index contributed by atoms with van der Waals surface area (Å²) in [6.07, 6.45) is 5.26. The van der Waals surface area contributed by atoms with E-state index in [0.29, 0.717) is 6.04 Å². The topological polar surface area (TPSA) is 25.2 Å². The molecule has 0 aliphatic heterocycles. The summed E-state index contributed by atoms with van der Waals surface area (Å²) in [7, 11) is 0. The van der Waals surface area contributed by atoms with Crippen LogP contribution >= 0.6 is 22.6 Å². The highest BCUT2D eigenvalue weighted by molar-refractivity contribution is 14.1. The Morgan fingerprint density at radius 3 is 3.00 bits per heavy atom. The predicted molar refractivity (Wildman–Crippen MR) is 77.2 cm³/mol. The quantitative estimate of drug-likeness (QED) is 0.822. The molecule has 0 fully saturated rings. The Kier molecular flexibility index (Phi) is 3.09. The van der Waals surface area contributed by atoms with Gasteiger partial charge in [0.25, 0.3) is 0 Å². The molecule has 1 aromatic heterocycles. The van der Waals surface area contributed by atoms with Crippen LogP contribution in [0.1, 0.15) is 30.2 Å². The number of halogens is 1. The number of furan rings is 1. The van der Waals surface area contributed by atoms with Gasteiger partial charge in [0.2, 0.25) is 0 Å². The van der Waals surface area contributed by atoms with E-state index in [-0.39, 0.29) is 0 Å². The standard InChI is InChI=1S/C14H14INO/c15-11-4-1-2-5-13(11)16-12-6-3-7-14-10(12)8-9-17-14/h1-2,4-5,8-9,12,16H,3,6-7H2. The van der Waals surface area contributed by atoms with E-state index in [2.05, 4.69) is 58.2 Å². The van der Waals surface area contributed by atoms with Crippen molar-refractivity contribution < 1.29 is 4.42 Å². The minimum atomic E-state index is 0.397. The van der Waals surface area contributed by atoms with Crippen LogP contribution in [0.2, 0.25) is 0 Å². The van der Waals surface area contributed by atoms with Crippen LogP contribution in [0.5, 0.6) is 0 Å². The van der Waals surface area contributed by atoms with Crippen LogP contribution in [0.25, 0.3) is 0 Å². The number of anilines is 1. The van der Waals surface area contributed by atoms with E-state index in [1.165, 1.54) is 27.7 Å². The molecule has 2 nitrogen and oxygen atoms in total. The van der Waals surface area contributed by atoms with Gasteiger partial charge in [0.1, 0.15) is 5.76 Å². The molecule has 0 saturated heterocycles. The molecule has 1 aliphatic carbocycles. The van der Waals surface area contributed by atoms with E-state index in [1.54, 1.807) is 6.26 Å². The molecule has 1 atom stereocenters. The third kappa shape index (κ3) is 2.20. The Labute approximate surface area is 115 Å². The highest BCUT2D eigenvalue weighted by Gasteiger charge is 2.22. The van der Waals surface area contributed by atoms with Crippen molar-refractivity contribution in [3.63, 3.8) is 0 Å². The third-order valence-corrected chi connectivity index (χ3v) is 4.20. The largest absolute Gasteiger partial charge is 0.469 e. The average Bonchev–Trinajstić information content (AvgIpc) is 2.81. The maximum atomic E-state index is 5.51. The highest BCUT2D eigenvalue weighted by atomic mass is 127. The van der Waals surface area contributed by atoms with E-state index in [4.69, 9.17) is 4.42 Å². The normalized spacial score (nSPS) is 18.8. The Balaban J connectivity index is 1.86. The lowest BCUT2D eigenvalue weighted by molar-refractivity contribution is 0.461. The van der Waals surface area contributed by atoms with Gasteiger partial charge in [-0.3, -0.25) is 0 Å². The summed E-state index contributed by atoms with van der Waals surface area (Å²) < 4.78 is 6.78. The summed E-state index contributed by atoms with van der Waals surface area (Å²) in [4.78, 5) is 0. The zero-order valence-corrected chi connectivity index (χ0v) is 11.6. The van der Waals surface area contributed by atoms with Gasteiger partial charge in [-0.2, -0.15) is 0 Å². The van der Waals surface area contributed by atoms with Gasteiger partial charge >= 0.3 is 0 Å². The fourth-order valence-electron chi connectivity index (χ4n) is 2.40. The van der Waals surface area contributed by atoms with E-state index in [9.17, 15) is 0 Å². The first-order chi connectivity index (χ1) is 8.34. The molecular weight excluding hydrogens is 325 g/mol. The van der Waals surface area contributed by atoms with E-state index >= 15 is 0 Å². The first kappa shape index (κ1) is 11.1. The summed E-state index contributed by atoms with van der Waals surface area (Å²) in [5.74, 6) is 1.15. The van der Waals surface area contributed by atoms with Crippen LogP contribution < -0.4 is 5.32 Å². The first-order valence-electron chi connectivity index (χ1n) is 5.92. The molecule has 3 heteroatoms. The molecular formula is C14H14INO. The summed E-state index contributed by atoms with van der Waals surface area (Å²) >= 11 is 2.37. The molecule has 88 valence electrons. The van der Waals surface area contributed by atoms with Crippen molar-refractivity contribution in [2.24, 2.45) is 0 Å². The van der Waals surface area contributed by atoms with Gasteiger partial charge in [-0.25, -0.2) is 0 Å². The highest BCUT2D eigenvalue weighted by Crippen LogP contribution is 2.34. The SMILES string of the molecule is Ic1ccccc1NC1CCCc2occc21. The monoisotopic (exact) mass is 339 g/mol. The number of para-hydroxylation sites is 1. The second kappa shape index (κ2) is 4.72. The van der Waals surface area contributed by atoms with Crippen LogP contribution in [0.4, 0.5) is 5.69 Å². The van der Waals surface area contributed by atoms with Gasteiger partial charge in [0.15, 0.2) is 0 Å². The lowest BCUT2D eigenvalue weighted by Gasteiger charge is -2.24. The number of benzene rings is 1. The molecule has 17 heavy (non-hydrogen) atoms. The average molecular weight is 339 g/mol. The fourth-order valence-corrected chi connectivity index (χ4v) is 2.95. The third-order valence-electron chi connectivity index (χ3n) is 3.26. The van der Waals surface area contributed by atoms with Crippen molar-refractivity contribution in [2.45, 2.75) is 25.3 Å². The molecule has 1 aromatic carbocycles. The van der Waals surface area contributed by atoms with Gasteiger partial charge in [0, 0.05) is 21.2 Å². The van der Waals surface area contributed by atoms with E-state index < -0.39 is 0 Å². The molecule has 1 N–H and O–H groups in total. The Bertz CT molecular complexity index is 520. The van der Waals surface area contributed by atoms with Gasteiger partial charge in [-0.1, -0.05) is 12.1 Å². The second-order valence-electron chi connectivity index (χ2n) is 4.37. The van der Waals surface area contributed by atoms with Gasteiger partial charge in [-0.05, 0) is 53.6 Å². The number of nitrogens with one attached hydrogen (secondary N) is 1. The summed E-state index contributed by atoms with van der Waals surface area (Å²) in [5.41, 5.74) is 2.54.